The van der Waals surface area contributed by atoms with Crippen molar-refractivity contribution >= 4 is 17.8 Å². The van der Waals surface area contributed by atoms with Gasteiger partial charge in [-0.25, -0.2) is 4.79 Å². The van der Waals surface area contributed by atoms with Gasteiger partial charge in [-0.2, -0.15) is 0 Å². The summed E-state index contributed by atoms with van der Waals surface area (Å²) in [5, 5.41) is 17.6. The normalized spacial score (nSPS) is 34.0. The fourth-order valence-electron chi connectivity index (χ4n) is 4.05. The summed E-state index contributed by atoms with van der Waals surface area (Å²) in [6.45, 7) is 5.05. The van der Waals surface area contributed by atoms with Gasteiger partial charge in [-0.1, -0.05) is 5.11 Å². The molecule has 6 atom stereocenters. The molecule has 14 nitrogen and oxygen atoms in total. The molecule has 0 aromatic carbocycles. The fraction of sp³-hybridized carbons (Fsp3) is 0.842. The minimum atomic E-state index is -2.18. The summed E-state index contributed by atoms with van der Waals surface area (Å²) >= 11 is 0. The molecule has 0 radical (unpaired) electrons. The van der Waals surface area contributed by atoms with Gasteiger partial charge < -0.3 is 38.8 Å². The Balaban J connectivity index is 2.66. The van der Waals surface area contributed by atoms with E-state index in [0.29, 0.717) is 0 Å². The number of ether oxygens (including phenoxy) is 6. The van der Waals surface area contributed by atoms with E-state index in [2.05, 4.69) is 15.3 Å². The summed E-state index contributed by atoms with van der Waals surface area (Å²) in [7, 11) is 2.24. The van der Waals surface area contributed by atoms with Gasteiger partial charge in [0.15, 0.2) is 11.9 Å². The van der Waals surface area contributed by atoms with Crippen LogP contribution in [0.1, 0.15) is 34.1 Å². The summed E-state index contributed by atoms with van der Waals surface area (Å²) in [6.07, 6.45) is -4.16. The molecule has 0 aromatic rings. The van der Waals surface area contributed by atoms with E-state index >= 15 is 0 Å². The van der Waals surface area contributed by atoms with Crippen LogP contribution in [0.3, 0.4) is 0 Å². The molecular formula is C19H30N4O10. The number of nitrogens with zero attached hydrogens (tertiary/aromatic N) is 3. The molecule has 0 bridgehead atoms. The second kappa shape index (κ2) is 10.2. The van der Waals surface area contributed by atoms with Crippen molar-refractivity contribution in [3.05, 3.63) is 10.4 Å². The van der Waals surface area contributed by atoms with Gasteiger partial charge in [0.05, 0.1) is 31.9 Å². The van der Waals surface area contributed by atoms with Crippen LogP contribution in [-0.2, 0) is 42.8 Å². The summed E-state index contributed by atoms with van der Waals surface area (Å²) < 4.78 is 33.0. The number of esters is 2. The number of rotatable bonds is 8. The molecular weight excluding hydrogens is 444 g/mol. The topological polar surface area (TPSA) is 188 Å². The van der Waals surface area contributed by atoms with E-state index in [9.17, 15) is 19.5 Å². The SMILES string of the molecule is COC(=O)[C@]1(OC)C[C@](O)(CN=[N+]=[N-])[C@@H](NC(C)=O)[C@H]([C@H](OC(C)=O)[C@H]2COC(C)(C)O2)O1. The molecule has 33 heavy (non-hydrogen) atoms. The van der Waals surface area contributed by atoms with Crippen molar-refractivity contribution in [1.29, 1.82) is 0 Å². The van der Waals surface area contributed by atoms with E-state index in [0.717, 1.165) is 21.1 Å². The lowest BCUT2D eigenvalue weighted by atomic mass is 9.78. The Bertz CT molecular complexity index is 816. The molecule has 0 saturated carbocycles. The van der Waals surface area contributed by atoms with Gasteiger partial charge in [0.2, 0.25) is 5.91 Å². The standard InChI is InChI=1S/C19H30N4O10/c1-10(24)22-15-14(13(31-11(2)25)12-7-30-17(3,4)32-12)33-19(29-6,16(26)28-5)8-18(15,27)9-21-23-20/h12-15,27H,7-9H2,1-6H3,(H,22,24)/t12-,13-,14+,15+,18+,19+/m1/s1. The van der Waals surface area contributed by atoms with Crippen molar-refractivity contribution in [2.24, 2.45) is 5.11 Å². The summed E-state index contributed by atoms with van der Waals surface area (Å²) in [4.78, 5) is 39.4. The smallest absolute Gasteiger partial charge is 0.366 e. The monoisotopic (exact) mass is 474 g/mol. The molecule has 2 aliphatic rings. The van der Waals surface area contributed by atoms with E-state index in [4.69, 9.17) is 34.0 Å². The lowest BCUT2D eigenvalue weighted by molar-refractivity contribution is -0.321. The Morgan fingerprint density at radius 2 is 1.94 bits per heavy atom. The molecule has 14 heteroatoms. The first-order valence-electron chi connectivity index (χ1n) is 10.1. The third kappa shape index (κ3) is 5.91. The van der Waals surface area contributed by atoms with Gasteiger partial charge in [-0.05, 0) is 19.4 Å². The highest BCUT2D eigenvalue weighted by molar-refractivity contribution is 5.78. The van der Waals surface area contributed by atoms with Gasteiger partial charge in [0.1, 0.15) is 12.2 Å². The zero-order valence-corrected chi connectivity index (χ0v) is 19.4. The lowest BCUT2D eigenvalue weighted by Gasteiger charge is -2.52. The van der Waals surface area contributed by atoms with E-state index < -0.39 is 72.3 Å². The van der Waals surface area contributed by atoms with Gasteiger partial charge >= 0.3 is 11.9 Å². The second-order valence-electron chi connectivity index (χ2n) is 8.32. The first-order chi connectivity index (χ1) is 15.3. The van der Waals surface area contributed by atoms with Crippen LogP contribution in [0.4, 0.5) is 0 Å². The largest absolute Gasteiger partial charge is 0.465 e. The maximum absolute atomic E-state index is 12.7. The maximum Gasteiger partial charge on any atom is 0.366 e. The Hall–Kier alpha value is -2.48. The number of hydrogen-bond donors (Lipinski definition) is 2. The first-order valence-corrected chi connectivity index (χ1v) is 10.1. The Morgan fingerprint density at radius 1 is 1.27 bits per heavy atom. The highest BCUT2D eigenvalue weighted by Gasteiger charge is 2.63. The summed E-state index contributed by atoms with van der Waals surface area (Å²) in [6, 6.07) is -1.31. The third-order valence-electron chi connectivity index (χ3n) is 5.39. The number of carbonyl (C=O) groups excluding carboxylic acids is 3. The molecule has 0 unspecified atom stereocenters. The number of carbonyl (C=O) groups is 3. The quantitative estimate of drug-likeness (QED) is 0.208. The molecule has 0 aliphatic carbocycles. The first kappa shape index (κ1) is 26.8. The van der Waals surface area contributed by atoms with Crippen LogP contribution in [0.15, 0.2) is 5.11 Å². The number of azide groups is 1. The van der Waals surface area contributed by atoms with Gasteiger partial charge in [0, 0.05) is 32.3 Å². The van der Waals surface area contributed by atoms with Gasteiger partial charge in [-0.3, -0.25) is 9.59 Å². The number of hydrogen-bond acceptors (Lipinski definition) is 11. The molecule has 186 valence electrons. The fourth-order valence-corrected chi connectivity index (χ4v) is 4.05. The van der Waals surface area contributed by atoms with Crippen LogP contribution in [0.2, 0.25) is 0 Å². The second-order valence-corrected chi connectivity index (χ2v) is 8.32. The number of amides is 1. The van der Waals surface area contributed by atoms with Crippen molar-refractivity contribution < 1.29 is 47.9 Å². The van der Waals surface area contributed by atoms with Crippen LogP contribution in [0.5, 0.6) is 0 Å². The Labute approximate surface area is 190 Å². The zero-order chi connectivity index (χ0) is 25.0. The molecule has 2 heterocycles. The van der Waals surface area contributed by atoms with E-state index in [-0.39, 0.29) is 6.61 Å². The predicted molar refractivity (Wildman–Crippen MR) is 108 cm³/mol. The third-order valence-corrected chi connectivity index (χ3v) is 5.39. The van der Waals surface area contributed by atoms with Crippen LogP contribution in [-0.4, -0.2) is 91.9 Å². The van der Waals surface area contributed by atoms with E-state index in [1.165, 1.54) is 6.92 Å². The number of nitrogens with one attached hydrogen (secondary N) is 1. The van der Waals surface area contributed by atoms with E-state index in [1.807, 2.05) is 0 Å². The van der Waals surface area contributed by atoms with Crippen LogP contribution >= 0.6 is 0 Å². The average Bonchev–Trinajstić information content (AvgIpc) is 3.10. The molecule has 2 aliphatic heterocycles. The van der Waals surface area contributed by atoms with Crippen LogP contribution in [0.25, 0.3) is 10.4 Å². The van der Waals surface area contributed by atoms with Crippen molar-refractivity contribution in [3.8, 4) is 0 Å². The number of methoxy groups -OCH3 is 2. The Kier molecular flexibility index (Phi) is 8.27. The van der Waals surface area contributed by atoms with Gasteiger partial charge in [0.25, 0.3) is 5.79 Å². The number of aliphatic hydroxyl groups is 1. The van der Waals surface area contributed by atoms with Gasteiger partial charge in [-0.15, -0.1) is 0 Å². The molecule has 1 amide bonds. The lowest BCUT2D eigenvalue weighted by Crippen LogP contribution is -2.73. The van der Waals surface area contributed by atoms with Crippen molar-refractivity contribution in [3.63, 3.8) is 0 Å². The molecule has 2 rings (SSSR count). The zero-order valence-electron chi connectivity index (χ0n) is 19.4. The minimum Gasteiger partial charge on any atom is -0.465 e. The van der Waals surface area contributed by atoms with Crippen LogP contribution in [0, 0.1) is 0 Å². The molecule has 2 fully saturated rings. The van der Waals surface area contributed by atoms with Crippen molar-refractivity contribution in [2.75, 3.05) is 27.4 Å². The van der Waals surface area contributed by atoms with E-state index in [1.54, 1.807) is 13.8 Å². The molecule has 2 N–H and O–H groups in total. The van der Waals surface area contributed by atoms with Crippen molar-refractivity contribution in [1.82, 2.24) is 5.32 Å². The van der Waals surface area contributed by atoms with Crippen molar-refractivity contribution in [2.45, 2.75) is 75.6 Å². The molecule has 0 aromatic heterocycles. The molecule has 0 spiro atoms. The van der Waals surface area contributed by atoms with Crippen LogP contribution < -0.4 is 5.32 Å². The summed E-state index contributed by atoms with van der Waals surface area (Å²) in [5.74, 6) is -5.49. The minimum absolute atomic E-state index is 0.0232. The molecule has 2 saturated heterocycles. The predicted octanol–water partition coefficient (Wildman–Crippen LogP) is -0.0797. The maximum atomic E-state index is 12.7. The highest BCUT2D eigenvalue weighted by atomic mass is 16.8. The Morgan fingerprint density at radius 3 is 2.39 bits per heavy atom. The highest BCUT2D eigenvalue weighted by Crippen LogP contribution is 2.41. The average molecular weight is 474 g/mol. The summed E-state index contributed by atoms with van der Waals surface area (Å²) in [5.41, 5.74) is 6.78.